The van der Waals surface area contributed by atoms with Crippen LogP contribution < -0.4 is 4.74 Å². The molecule has 0 bridgehead atoms. The smallest absolute Gasteiger partial charge is 0.127 e. The fourth-order valence-corrected chi connectivity index (χ4v) is 5.64. The predicted octanol–water partition coefficient (Wildman–Crippen LogP) is 7.50. The molecule has 2 aromatic carbocycles. The number of hydrogen-bond acceptors (Lipinski definition) is 1. The summed E-state index contributed by atoms with van der Waals surface area (Å²) in [6.45, 7) is 3.87. The number of allylic oxidation sites excluding steroid dienone is 1. The van der Waals surface area contributed by atoms with E-state index in [1.54, 1.807) is 13.2 Å². The highest BCUT2D eigenvalue weighted by Crippen LogP contribution is 2.48. The Hall–Kier alpha value is -2.53. The van der Waals surface area contributed by atoms with Gasteiger partial charge in [0.15, 0.2) is 0 Å². The number of hydrogen-bond donors (Lipinski definition) is 0. The minimum Gasteiger partial charge on any atom is -0.497 e. The lowest BCUT2D eigenvalue weighted by Crippen LogP contribution is -2.30. The summed E-state index contributed by atoms with van der Waals surface area (Å²) in [7, 11) is 1.65. The summed E-state index contributed by atoms with van der Waals surface area (Å²) in [6, 6.07) is 13.2. The molecule has 1 nitrogen and oxygen atoms in total. The van der Waals surface area contributed by atoms with Gasteiger partial charge in [0, 0.05) is 11.1 Å². The van der Waals surface area contributed by atoms with Gasteiger partial charge in [0.05, 0.1) is 7.11 Å². The minimum atomic E-state index is -0.0929. The van der Waals surface area contributed by atoms with Crippen LogP contribution in [0.1, 0.15) is 74.0 Å². The van der Waals surface area contributed by atoms with E-state index in [0.717, 1.165) is 59.5 Å². The van der Waals surface area contributed by atoms with Crippen molar-refractivity contribution in [1.82, 2.24) is 0 Å². The van der Waals surface area contributed by atoms with Crippen molar-refractivity contribution in [3.63, 3.8) is 0 Å². The average Bonchev–Trinajstić information content (AvgIpc) is 2.81. The maximum Gasteiger partial charge on any atom is 0.127 e. The number of benzene rings is 2. The molecule has 2 aliphatic rings. The number of halogens is 1. The predicted molar refractivity (Wildman–Crippen MR) is 126 cm³/mol. The molecular formula is C29H33FO. The highest BCUT2D eigenvalue weighted by atomic mass is 19.1. The number of rotatable bonds is 5. The van der Waals surface area contributed by atoms with Gasteiger partial charge in [-0.15, -0.1) is 6.58 Å². The molecule has 4 rings (SSSR count). The number of ether oxygens (including phenoxy) is 1. The fraction of sp³-hybridized carbons (Fsp3) is 0.448. The van der Waals surface area contributed by atoms with E-state index in [2.05, 4.69) is 24.5 Å². The standard InChI is InChI=1S/C29H33FO/c1-3-4-5-22-8-12-25-20-26(14-13-24(25)18-22)28-17-11-23(19-29(28)30)7-6-21-9-15-27(31-2)16-10-21/h3,9-11,15-17,19,22,24-26H,1,4-5,8,12-14,18,20H2,2H3. The molecule has 162 valence electrons. The van der Waals surface area contributed by atoms with Gasteiger partial charge in [-0.3, -0.25) is 0 Å². The van der Waals surface area contributed by atoms with Crippen LogP contribution in [0.5, 0.6) is 5.75 Å². The van der Waals surface area contributed by atoms with Gasteiger partial charge in [0.25, 0.3) is 0 Å². The van der Waals surface area contributed by atoms with Crippen LogP contribution in [0.25, 0.3) is 0 Å². The first kappa shape index (κ1) is 21.7. The quantitative estimate of drug-likeness (QED) is 0.362. The maximum atomic E-state index is 15.0. The van der Waals surface area contributed by atoms with Gasteiger partial charge < -0.3 is 4.74 Å². The third-order valence-corrected chi connectivity index (χ3v) is 7.38. The summed E-state index contributed by atoms with van der Waals surface area (Å²) in [5.41, 5.74) is 2.52. The molecule has 0 radical (unpaired) electrons. The second-order valence-corrected chi connectivity index (χ2v) is 9.29. The van der Waals surface area contributed by atoms with Crippen LogP contribution >= 0.6 is 0 Å². The SMILES string of the molecule is C=CCCC1CCC2CC(c3ccc(C#Cc4ccc(OC)cc4)cc3F)CCC2C1. The molecule has 0 aromatic heterocycles. The summed E-state index contributed by atoms with van der Waals surface area (Å²) in [6.07, 6.45) is 12.0. The van der Waals surface area contributed by atoms with Crippen molar-refractivity contribution in [2.45, 2.75) is 57.3 Å². The van der Waals surface area contributed by atoms with E-state index in [9.17, 15) is 4.39 Å². The van der Waals surface area contributed by atoms with Crippen LogP contribution in [0.2, 0.25) is 0 Å². The van der Waals surface area contributed by atoms with Gasteiger partial charge in [-0.25, -0.2) is 4.39 Å². The molecule has 0 heterocycles. The topological polar surface area (TPSA) is 9.23 Å². The molecule has 2 aromatic rings. The zero-order valence-electron chi connectivity index (χ0n) is 18.6. The summed E-state index contributed by atoms with van der Waals surface area (Å²) < 4.78 is 20.2. The van der Waals surface area contributed by atoms with Crippen LogP contribution in [0.4, 0.5) is 4.39 Å². The Labute approximate surface area is 186 Å². The van der Waals surface area contributed by atoms with Gasteiger partial charge in [0.1, 0.15) is 11.6 Å². The van der Waals surface area contributed by atoms with Crippen LogP contribution in [-0.2, 0) is 0 Å². The zero-order chi connectivity index (χ0) is 21.6. The molecule has 2 aliphatic carbocycles. The molecule has 2 heteroatoms. The van der Waals surface area contributed by atoms with Gasteiger partial charge >= 0.3 is 0 Å². The van der Waals surface area contributed by atoms with E-state index >= 15 is 0 Å². The Balaban J connectivity index is 1.39. The molecule has 31 heavy (non-hydrogen) atoms. The van der Waals surface area contributed by atoms with E-state index in [-0.39, 0.29) is 5.82 Å². The maximum absolute atomic E-state index is 15.0. The lowest BCUT2D eigenvalue weighted by molar-refractivity contribution is 0.114. The van der Waals surface area contributed by atoms with E-state index in [4.69, 9.17) is 4.74 Å². The molecule has 0 saturated heterocycles. The Bertz CT molecular complexity index is 949. The monoisotopic (exact) mass is 416 g/mol. The summed E-state index contributed by atoms with van der Waals surface area (Å²) in [4.78, 5) is 0. The third-order valence-electron chi connectivity index (χ3n) is 7.38. The van der Waals surface area contributed by atoms with Crippen molar-refractivity contribution in [3.05, 3.63) is 77.6 Å². The summed E-state index contributed by atoms with van der Waals surface area (Å²) in [5, 5.41) is 0. The van der Waals surface area contributed by atoms with Gasteiger partial charge in [-0.2, -0.15) is 0 Å². The van der Waals surface area contributed by atoms with Crippen molar-refractivity contribution in [3.8, 4) is 17.6 Å². The molecule has 2 fully saturated rings. The van der Waals surface area contributed by atoms with Gasteiger partial charge in [-0.1, -0.05) is 30.4 Å². The highest BCUT2D eigenvalue weighted by molar-refractivity contribution is 5.45. The Morgan fingerprint density at radius 3 is 2.42 bits per heavy atom. The largest absolute Gasteiger partial charge is 0.497 e. The van der Waals surface area contributed by atoms with Gasteiger partial charge in [-0.05, 0) is 111 Å². The third kappa shape index (κ3) is 5.40. The first-order chi connectivity index (χ1) is 15.2. The number of methoxy groups -OCH3 is 1. The first-order valence-corrected chi connectivity index (χ1v) is 11.7. The Morgan fingerprint density at radius 1 is 0.968 bits per heavy atom. The van der Waals surface area contributed by atoms with Crippen molar-refractivity contribution in [2.24, 2.45) is 17.8 Å². The molecule has 4 atom stereocenters. The summed E-state index contributed by atoms with van der Waals surface area (Å²) in [5.74, 6) is 9.77. The lowest BCUT2D eigenvalue weighted by atomic mass is 9.63. The van der Waals surface area contributed by atoms with E-state index < -0.39 is 0 Å². The van der Waals surface area contributed by atoms with Crippen molar-refractivity contribution in [2.75, 3.05) is 7.11 Å². The lowest BCUT2D eigenvalue weighted by Gasteiger charge is -2.42. The molecule has 4 unspecified atom stereocenters. The van der Waals surface area contributed by atoms with Crippen LogP contribution in [-0.4, -0.2) is 7.11 Å². The van der Waals surface area contributed by atoms with Crippen LogP contribution in [0.3, 0.4) is 0 Å². The van der Waals surface area contributed by atoms with Crippen molar-refractivity contribution < 1.29 is 9.13 Å². The fourth-order valence-electron chi connectivity index (χ4n) is 5.64. The van der Waals surface area contributed by atoms with Gasteiger partial charge in [0.2, 0.25) is 0 Å². The molecule has 2 saturated carbocycles. The first-order valence-electron chi connectivity index (χ1n) is 11.7. The Kier molecular flexibility index (Phi) is 7.13. The van der Waals surface area contributed by atoms with Crippen LogP contribution in [0, 0.1) is 35.4 Å². The number of fused-ring (bicyclic) bond motifs is 1. The minimum absolute atomic E-state index is 0.0929. The van der Waals surface area contributed by atoms with E-state index in [1.807, 2.05) is 36.4 Å². The van der Waals surface area contributed by atoms with Crippen LogP contribution in [0.15, 0.2) is 55.1 Å². The molecule has 0 aliphatic heterocycles. The second-order valence-electron chi connectivity index (χ2n) is 9.29. The molecule has 0 N–H and O–H groups in total. The molecular weight excluding hydrogens is 383 g/mol. The average molecular weight is 417 g/mol. The van der Waals surface area contributed by atoms with Crippen molar-refractivity contribution >= 4 is 0 Å². The van der Waals surface area contributed by atoms with E-state index in [1.165, 1.54) is 32.1 Å². The zero-order valence-corrected chi connectivity index (χ0v) is 18.6. The highest BCUT2D eigenvalue weighted by Gasteiger charge is 2.36. The van der Waals surface area contributed by atoms with E-state index in [0.29, 0.717) is 5.92 Å². The molecule has 0 amide bonds. The van der Waals surface area contributed by atoms with Crippen molar-refractivity contribution in [1.29, 1.82) is 0 Å². The summed E-state index contributed by atoms with van der Waals surface area (Å²) >= 11 is 0. The Morgan fingerprint density at radius 2 is 1.68 bits per heavy atom. The molecule has 0 spiro atoms. The second kappa shape index (κ2) is 10.2. The normalized spacial score (nSPS) is 25.1.